The first kappa shape index (κ1) is 13.8. The summed E-state index contributed by atoms with van der Waals surface area (Å²) in [5, 5.41) is 1.11. The molecule has 1 heterocycles. The number of nitrogens with two attached hydrogens (primary N) is 1. The van der Waals surface area contributed by atoms with Gasteiger partial charge in [-0.15, -0.1) is 0 Å². The molecule has 0 aliphatic heterocycles. The first-order valence-corrected chi connectivity index (χ1v) is 6.86. The van der Waals surface area contributed by atoms with Crippen molar-refractivity contribution >= 4 is 16.6 Å². The average Bonchev–Trinajstić information content (AvgIpc) is 2.35. The van der Waals surface area contributed by atoms with Gasteiger partial charge in [0.15, 0.2) is 0 Å². The van der Waals surface area contributed by atoms with Gasteiger partial charge in [0.2, 0.25) is 0 Å². The van der Waals surface area contributed by atoms with Gasteiger partial charge in [0.1, 0.15) is 0 Å². The number of nitrogens with zero attached hydrogens (tertiary/aromatic N) is 1. The smallest absolute Gasteiger partial charge is 0.0726 e. The molecule has 0 fully saturated rings. The van der Waals surface area contributed by atoms with Crippen molar-refractivity contribution in [2.45, 2.75) is 46.5 Å². The number of pyridine rings is 1. The second-order valence-corrected chi connectivity index (χ2v) is 5.72. The Morgan fingerprint density at radius 1 is 1.11 bits per heavy atom. The van der Waals surface area contributed by atoms with Gasteiger partial charge in [0.05, 0.1) is 11.2 Å². The van der Waals surface area contributed by atoms with Crippen molar-refractivity contribution in [3.8, 4) is 0 Å². The molecule has 0 spiro atoms. The normalized spacial score (nSPS) is 11.6. The molecule has 0 saturated carbocycles. The lowest BCUT2D eigenvalue weighted by Crippen LogP contribution is -2.12. The number of hydrogen-bond donors (Lipinski definition) is 2. The summed E-state index contributed by atoms with van der Waals surface area (Å²) in [5.41, 5.74) is 8.46. The van der Waals surface area contributed by atoms with Gasteiger partial charge in [-0.3, -0.25) is 10.8 Å². The zero-order valence-corrected chi connectivity index (χ0v) is 12.4. The quantitative estimate of drug-likeness (QED) is 0.643. The number of nitrogens with one attached hydrogen (secondary N) is 1. The Kier molecular flexibility index (Phi) is 3.76. The van der Waals surface area contributed by atoms with E-state index in [4.69, 9.17) is 10.8 Å². The molecule has 0 atom stereocenters. The van der Waals surface area contributed by atoms with Crippen LogP contribution >= 0.6 is 0 Å². The number of hydrogen-bond acceptors (Lipinski definition) is 3. The fraction of sp³-hybridized carbons (Fsp3) is 0.438. The molecule has 102 valence electrons. The Balaban J connectivity index is 2.81. The van der Waals surface area contributed by atoms with Crippen LogP contribution in [0.15, 0.2) is 18.2 Å². The summed E-state index contributed by atoms with van der Waals surface area (Å²) >= 11 is 0. The third-order valence-electron chi connectivity index (χ3n) is 3.63. The zero-order chi connectivity index (χ0) is 14.2. The van der Waals surface area contributed by atoms with Gasteiger partial charge in [0.25, 0.3) is 0 Å². The Morgan fingerprint density at radius 3 is 2.32 bits per heavy atom. The van der Waals surface area contributed by atoms with E-state index in [1.54, 1.807) is 0 Å². The van der Waals surface area contributed by atoms with E-state index in [0.29, 0.717) is 11.8 Å². The zero-order valence-electron chi connectivity index (χ0n) is 12.4. The van der Waals surface area contributed by atoms with E-state index in [2.05, 4.69) is 51.3 Å². The van der Waals surface area contributed by atoms with Gasteiger partial charge in [-0.2, -0.15) is 0 Å². The number of aryl methyl sites for hydroxylation is 1. The van der Waals surface area contributed by atoms with Gasteiger partial charge in [-0.25, -0.2) is 0 Å². The lowest BCUT2D eigenvalue weighted by molar-refractivity contribution is 0.847. The molecule has 0 bridgehead atoms. The van der Waals surface area contributed by atoms with Gasteiger partial charge < -0.3 is 5.43 Å². The highest BCUT2D eigenvalue weighted by Crippen LogP contribution is 2.34. The van der Waals surface area contributed by atoms with E-state index in [1.807, 2.05) is 6.92 Å². The lowest BCUT2D eigenvalue weighted by atomic mass is 9.94. The monoisotopic (exact) mass is 257 g/mol. The SMILES string of the molecule is Cc1nc2ccc(C(C)C)cc2c(NN)c1C(C)C. The van der Waals surface area contributed by atoms with E-state index in [1.165, 1.54) is 11.1 Å². The van der Waals surface area contributed by atoms with E-state index < -0.39 is 0 Å². The van der Waals surface area contributed by atoms with Crippen LogP contribution in [-0.2, 0) is 0 Å². The van der Waals surface area contributed by atoms with Crippen molar-refractivity contribution in [1.29, 1.82) is 0 Å². The molecule has 19 heavy (non-hydrogen) atoms. The minimum Gasteiger partial charge on any atom is -0.323 e. The highest BCUT2D eigenvalue weighted by molar-refractivity contribution is 5.94. The van der Waals surface area contributed by atoms with E-state index >= 15 is 0 Å². The van der Waals surface area contributed by atoms with Crippen molar-refractivity contribution < 1.29 is 0 Å². The Morgan fingerprint density at radius 2 is 1.79 bits per heavy atom. The number of fused-ring (bicyclic) bond motifs is 1. The predicted octanol–water partition coefficient (Wildman–Crippen LogP) is 4.08. The Hall–Kier alpha value is -1.61. The van der Waals surface area contributed by atoms with Crippen LogP contribution in [0, 0.1) is 6.92 Å². The number of aromatic nitrogens is 1. The van der Waals surface area contributed by atoms with Crippen LogP contribution in [0.1, 0.15) is 56.4 Å². The third kappa shape index (κ3) is 2.43. The minimum atomic E-state index is 0.394. The van der Waals surface area contributed by atoms with Crippen molar-refractivity contribution in [2.75, 3.05) is 5.43 Å². The van der Waals surface area contributed by atoms with Crippen LogP contribution in [0.3, 0.4) is 0 Å². The van der Waals surface area contributed by atoms with Gasteiger partial charge >= 0.3 is 0 Å². The molecule has 0 saturated heterocycles. The fourth-order valence-corrected chi connectivity index (χ4v) is 2.64. The van der Waals surface area contributed by atoms with Crippen LogP contribution in [-0.4, -0.2) is 4.98 Å². The molecule has 3 N–H and O–H groups in total. The maximum atomic E-state index is 5.77. The first-order valence-electron chi connectivity index (χ1n) is 6.86. The molecule has 0 aliphatic carbocycles. The molecule has 1 aromatic carbocycles. The highest BCUT2D eigenvalue weighted by Gasteiger charge is 2.15. The van der Waals surface area contributed by atoms with E-state index in [-0.39, 0.29) is 0 Å². The number of rotatable bonds is 3. The van der Waals surface area contributed by atoms with Gasteiger partial charge in [-0.1, -0.05) is 33.8 Å². The molecule has 2 aromatic rings. The number of anilines is 1. The summed E-state index contributed by atoms with van der Waals surface area (Å²) in [6.45, 7) is 10.8. The Bertz CT molecular complexity index is 600. The second kappa shape index (κ2) is 5.17. The second-order valence-electron chi connectivity index (χ2n) is 5.72. The van der Waals surface area contributed by atoms with Crippen molar-refractivity contribution in [2.24, 2.45) is 5.84 Å². The van der Waals surface area contributed by atoms with Crippen molar-refractivity contribution in [3.05, 3.63) is 35.0 Å². The molecular formula is C16H23N3. The largest absolute Gasteiger partial charge is 0.323 e. The maximum absolute atomic E-state index is 5.77. The summed E-state index contributed by atoms with van der Waals surface area (Å²) in [6, 6.07) is 6.44. The van der Waals surface area contributed by atoms with Crippen LogP contribution < -0.4 is 11.3 Å². The van der Waals surface area contributed by atoms with Crippen LogP contribution in [0.25, 0.3) is 10.9 Å². The summed E-state index contributed by atoms with van der Waals surface area (Å²) < 4.78 is 0. The fourth-order valence-electron chi connectivity index (χ4n) is 2.64. The minimum absolute atomic E-state index is 0.394. The molecule has 0 radical (unpaired) electrons. The molecule has 1 aromatic heterocycles. The molecule has 0 amide bonds. The predicted molar refractivity (Wildman–Crippen MR) is 82.5 cm³/mol. The summed E-state index contributed by atoms with van der Waals surface area (Å²) in [7, 11) is 0. The molecular weight excluding hydrogens is 234 g/mol. The molecule has 3 heteroatoms. The first-order chi connectivity index (χ1) is 8.95. The number of nitrogen functional groups attached to an aromatic ring is 1. The van der Waals surface area contributed by atoms with Crippen molar-refractivity contribution in [1.82, 2.24) is 4.98 Å². The van der Waals surface area contributed by atoms with Crippen LogP contribution in [0.2, 0.25) is 0 Å². The number of benzene rings is 1. The third-order valence-corrected chi connectivity index (χ3v) is 3.63. The summed E-state index contributed by atoms with van der Waals surface area (Å²) in [6.07, 6.45) is 0. The maximum Gasteiger partial charge on any atom is 0.0726 e. The molecule has 0 unspecified atom stereocenters. The standard InChI is InChI=1S/C16H23N3/c1-9(2)12-6-7-14-13(8-12)16(19-17)15(10(3)4)11(5)18-14/h6-10H,17H2,1-5H3,(H,18,19). The van der Waals surface area contributed by atoms with Gasteiger partial charge in [-0.05, 0) is 36.5 Å². The van der Waals surface area contributed by atoms with Gasteiger partial charge in [0, 0.05) is 16.6 Å². The van der Waals surface area contributed by atoms with E-state index in [9.17, 15) is 0 Å². The molecule has 3 nitrogen and oxygen atoms in total. The summed E-state index contributed by atoms with van der Waals surface area (Å²) in [5.74, 6) is 6.66. The van der Waals surface area contributed by atoms with Crippen LogP contribution in [0.4, 0.5) is 5.69 Å². The topological polar surface area (TPSA) is 50.9 Å². The highest BCUT2D eigenvalue weighted by atomic mass is 15.2. The number of hydrazine groups is 1. The Labute approximate surface area is 115 Å². The van der Waals surface area contributed by atoms with Crippen molar-refractivity contribution in [3.63, 3.8) is 0 Å². The average molecular weight is 257 g/mol. The van der Waals surface area contributed by atoms with E-state index in [0.717, 1.165) is 22.3 Å². The summed E-state index contributed by atoms with van der Waals surface area (Å²) in [4.78, 5) is 4.71. The van der Waals surface area contributed by atoms with Crippen LogP contribution in [0.5, 0.6) is 0 Å². The molecule has 2 rings (SSSR count). The lowest BCUT2D eigenvalue weighted by Gasteiger charge is -2.18. The molecule has 0 aliphatic rings.